The number of carbonyl (C=O) groups excluding carboxylic acids is 5. The van der Waals surface area contributed by atoms with Crippen molar-refractivity contribution in [3.63, 3.8) is 0 Å². The largest absolute Gasteiger partial charge is 0.383 e. The Morgan fingerprint density at radius 1 is 0.848 bits per heavy atom. The highest BCUT2D eigenvalue weighted by atomic mass is 19.1. The van der Waals surface area contributed by atoms with Crippen LogP contribution in [0, 0.1) is 5.82 Å². The Morgan fingerprint density at radius 2 is 1.64 bits per heavy atom. The predicted molar refractivity (Wildman–Crippen MR) is 242 cm³/mol. The fourth-order valence-corrected chi connectivity index (χ4v) is 8.39. The minimum absolute atomic E-state index is 0.0399. The molecular formula is C47H53FN10O8. The lowest BCUT2D eigenvalue weighted by atomic mass is 10.0. The molecule has 346 valence electrons. The highest BCUT2D eigenvalue weighted by Gasteiger charge is 2.30. The van der Waals surface area contributed by atoms with Gasteiger partial charge in [0.05, 0.1) is 64.0 Å². The summed E-state index contributed by atoms with van der Waals surface area (Å²) < 4.78 is 32.8. The number of amides is 4. The minimum Gasteiger partial charge on any atom is -0.383 e. The van der Waals surface area contributed by atoms with E-state index in [0.29, 0.717) is 90.0 Å². The minimum atomic E-state index is -0.842. The first-order valence-corrected chi connectivity index (χ1v) is 22.3. The van der Waals surface area contributed by atoms with E-state index >= 15 is 0 Å². The number of rotatable bonds is 20. The molecule has 0 radical (unpaired) electrons. The van der Waals surface area contributed by atoms with Crippen LogP contribution in [0.5, 0.6) is 0 Å². The van der Waals surface area contributed by atoms with Gasteiger partial charge < -0.3 is 39.5 Å². The van der Waals surface area contributed by atoms with Gasteiger partial charge in [0.25, 0.3) is 5.91 Å². The number of anilines is 3. The van der Waals surface area contributed by atoms with Gasteiger partial charge in [0, 0.05) is 62.5 Å². The van der Waals surface area contributed by atoms with Crippen LogP contribution in [-0.2, 0) is 28.6 Å². The van der Waals surface area contributed by atoms with Gasteiger partial charge in [-0.1, -0.05) is 18.2 Å². The molecule has 2 aromatic carbocycles. The molecule has 66 heavy (non-hydrogen) atoms. The molecule has 3 aliphatic rings. The zero-order valence-electron chi connectivity index (χ0n) is 36.5. The SMILES string of the molecule is O=Cc1cc(NCCOCCOCCOCCC(=O)N2CCN(c3cccc(-c4cnc5ccc(N6CCC[C@@H]6c6cccc(F)c6)nn45)n3)CC2)ccc1C(=O)NC1CCC(=O)NC1=O. The predicted octanol–water partition coefficient (Wildman–Crippen LogP) is 3.82. The molecule has 3 N–H and O–H groups in total. The number of nitrogens with zero attached hydrogens (tertiary/aromatic N) is 7. The quantitative estimate of drug-likeness (QED) is 0.0578. The number of aromatic nitrogens is 4. The highest BCUT2D eigenvalue weighted by molar-refractivity contribution is 6.06. The van der Waals surface area contributed by atoms with Crippen molar-refractivity contribution < 1.29 is 42.6 Å². The lowest BCUT2D eigenvalue weighted by molar-refractivity contribution is -0.135. The molecule has 3 aromatic heterocycles. The van der Waals surface area contributed by atoms with E-state index in [2.05, 4.69) is 30.7 Å². The van der Waals surface area contributed by atoms with E-state index in [4.69, 9.17) is 24.3 Å². The van der Waals surface area contributed by atoms with E-state index < -0.39 is 17.9 Å². The van der Waals surface area contributed by atoms with E-state index in [0.717, 1.165) is 48.0 Å². The lowest BCUT2D eigenvalue weighted by Gasteiger charge is -2.35. The fraction of sp³-hybridized carbons (Fsp3) is 0.404. The van der Waals surface area contributed by atoms with Gasteiger partial charge in [-0.3, -0.25) is 29.3 Å². The van der Waals surface area contributed by atoms with E-state index in [1.165, 1.54) is 12.1 Å². The Kier molecular flexibility index (Phi) is 15.2. The molecule has 3 fully saturated rings. The smallest absolute Gasteiger partial charge is 0.252 e. The molecule has 6 heterocycles. The van der Waals surface area contributed by atoms with Crippen LogP contribution in [0.4, 0.5) is 21.7 Å². The molecule has 18 nitrogen and oxygen atoms in total. The van der Waals surface area contributed by atoms with Crippen LogP contribution < -0.4 is 25.8 Å². The molecule has 19 heteroatoms. The molecule has 4 amide bonds. The Morgan fingerprint density at radius 3 is 2.42 bits per heavy atom. The second kappa shape index (κ2) is 21.9. The molecule has 0 spiro atoms. The van der Waals surface area contributed by atoms with Gasteiger partial charge in [-0.05, 0) is 79.4 Å². The van der Waals surface area contributed by atoms with Crippen molar-refractivity contribution in [2.75, 3.05) is 94.0 Å². The molecule has 0 saturated carbocycles. The van der Waals surface area contributed by atoms with E-state index in [1.807, 2.05) is 45.8 Å². The summed E-state index contributed by atoms with van der Waals surface area (Å²) in [4.78, 5) is 76.6. The molecule has 0 aliphatic carbocycles. The maximum Gasteiger partial charge on any atom is 0.252 e. The number of hydrogen-bond donors (Lipinski definition) is 3. The maximum atomic E-state index is 14.1. The van der Waals surface area contributed by atoms with Crippen LogP contribution in [0.1, 0.15) is 64.4 Å². The Bertz CT molecular complexity index is 2530. The van der Waals surface area contributed by atoms with E-state index in [1.54, 1.807) is 30.5 Å². The Labute approximate surface area is 380 Å². The summed E-state index contributed by atoms with van der Waals surface area (Å²) in [6, 6.07) is 20.5. The van der Waals surface area contributed by atoms with E-state index in [-0.39, 0.29) is 54.1 Å². The number of piperidine rings is 1. The van der Waals surface area contributed by atoms with Crippen molar-refractivity contribution in [1.82, 2.24) is 35.1 Å². The number of benzene rings is 2. The van der Waals surface area contributed by atoms with Gasteiger partial charge in [-0.2, -0.15) is 0 Å². The molecule has 3 saturated heterocycles. The molecule has 5 aromatic rings. The molecule has 2 atom stereocenters. The number of imide groups is 1. The number of halogens is 1. The number of hydrogen-bond acceptors (Lipinski definition) is 14. The van der Waals surface area contributed by atoms with Crippen molar-refractivity contribution >= 4 is 52.9 Å². The van der Waals surface area contributed by atoms with Gasteiger partial charge in [0.1, 0.15) is 29.2 Å². The first-order valence-electron chi connectivity index (χ1n) is 22.3. The standard InChI is InChI=1S/C47H53FN10O8/c48-34-5-1-4-32(28-34)39-7-3-17-57(39)43-13-12-41-50-30-40(58(41)54-43)37-6-2-8-42(51-37)55-18-20-56(21-19-55)45(61)15-22-64-24-26-66-27-25-65-23-16-49-35-9-10-36(33(29-35)31-59)46(62)52-38-11-14-44(60)53-47(38)63/h1-2,4-6,8-10,12-13,28-31,38-39,49H,3,7,11,14-27H2,(H,52,62)(H,53,60,63)/t38?,39-/m1/s1. The third-order valence-electron chi connectivity index (χ3n) is 11.8. The molecule has 3 aliphatic heterocycles. The van der Waals surface area contributed by atoms with E-state index in [9.17, 15) is 28.4 Å². The molecule has 8 rings (SSSR count). The van der Waals surface area contributed by atoms with Crippen LogP contribution in [0.15, 0.2) is 79.0 Å². The van der Waals surface area contributed by atoms with Gasteiger partial charge in [-0.15, -0.1) is 5.10 Å². The van der Waals surface area contributed by atoms with Crippen molar-refractivity contribution in [2.24, 2.45) is 0 Å². The number of piperazine rings is 1. The summed E-state index contributed by atoms with van der Waals surface area (Å²) in [7, 11) is 0. The summed E-state index contributed by atoms with van der Waals surface area (Å²) in [6.45, 7) is 5.82. The summed E-state index contributed by atoms with van der Waals surface area (Å²) in [5, 5.41) is 12.9. The van der Waals surface area contributed by atoms with Crippen LogP contribution in [0.25, 0.3) is 17.0 Å². The van der Waals surface area contributed by atoms with Crippen LogP contribution in [0.2, 0.25) is 0 Å². The summed E-state index contributed by atoms with van der Waals surface area (Å²) in [5.41, 5.74) is 4.07. The summed E-state index contributed by atoms with van der Waals surface area (Å²) >= 11 is 0. The zero-order valence-corrected chi connectivity index (χ0v) is 36.5. The summed E-state index contributed by atoms with van der Waals surface area (Å²) in [6.07, 6.45) is 4.87. The number of ether oxygens (including phenoxy) is 3. The number of aldehydes is 1. The van der Waals surface area contributed by atoms with Crippen molar-refractivity contribution in [2.45, 2.75) is 44.2 Å². The van der Waals surface area contributed by atoms with Gasteiger partial charge in [0.2, 0.25) is 17.7 Å². The van der Waals surface area contributed by atoms with Gasteiger partial charge >= 0.3 is 0 Å². The Hall–Kier alpha value is -6.83. The molecular weight excluding hydrogens is 852 g/mol. The Balaban J connectivity index is 0.693. The van der Waals surface area contributed by atoms with Crippen LogP contribution in [-0.4, -0.2) is 139 Å². The third-order valence-corrected chi connectivity index (χ3v) is 11.8. The lowest BCUT2D eigenvalue weighted by Crippen LogP contribution is -2.52. The molecule has 0 bridgehead atoms. The second-order valence-corrected chi connectivity index (χ2v) is 16.2. The number of nitrogens with one attached hydrogen (secondary N) is 3. The monoisotopic (exact) mass is 904 g/mol. The fourth-order valence-electron chi connectivity index (χ4n) is 8.39. The average Bonchev–Trinajstić information content (AvgIpc) is 4.01. The number of carbonyl (C=O) groups is 5. The van der Waals surface area contributed by atoms with Gasteiger partial charge in [0.15, 0.2) is 11.9 Å². The number of imidazole rings is 1. The number of fused-ring (bicyclic) bond motifs is 1. The topological polar surface area (TPSA) is 202 Å². The number of pyridine rings is 1. The second-order valence-electron chi connectivity index (χ2n) is 16.2. The first-order chi connectivity index (χ1) is 32.2. The van der Waals surface area contributed by atoms with Crippen molar-refractivity contribution in [3.05, 3.63) is 102 Å². The maximum absolute atomic E-state index is 14.1. The normalized spacial score (nSPS) is 17.6. The molecule has 1 unspecified atom stereocenters. The average molecular weight is 905 g/mol. The van der Waals surface area contributed by atoms with Crippen molar-refractivity contribution in [1.29, 1.82) is 0 Å². The summed E-state index contributed by atoms with van der Waals surface area (Å²) in [5.74, 6) is -0.107. The first kappa shape index (κ1) is 45.7. The van der Waals surface area contributed by atoms with Crippen LogP contribution >= 0.6 is 0 Å². The zero-order chi connectivity index (χ0) is 45.8. The van der Waals surface area contributed by atoms with Crippen molar-refractivity contribution in [3.8, 4) is 11.4 Å². The third kappa shape index (κ3) is 11.3. The van der Waals surface area contributed by atoms with Gasteiger partial charge in [-0.25, -0.2) is 18.9 Å². The van der Waals surface area contributed by atoms with Crippen LogP contribution in [0.3, 0.4) is 0 Å². The highest BCUT2D eigenvalue weighted by Crippen LogP contribution is 2.36.